The highest BCUT2D eigenvalue weighted by Crippen LogP contribution is 2.32. The number of rotatable bonds is 8. The zero-order valence-electron chi connectivity index (χ0n) is 16.3. The molecular weight excluding hydrogens is 376 g/mol. The Morgan fingerprint density at radius 1 is 1.14 bits per heavy atom. The number of amides is 2. The van der Waals surface area contributed by atoms with Crippen molar-refractivity contribution in [3.05, 3.63) is 54.1 Å². The predicted octanol–water partition coefficient (Wildman–Crippen LogP) is 1.46. The van der Waals surface area contributed by atoms with Gasteiger partial charge in [0.1, 0.15) is 19.0 Å². The predicted molar refractivity (Wildman–Crippen MR) is 105 cm³/mol. The van der Waals surface area contributed by atoms with E-state index in [-0.39, 0.29) is 18.4 Å². The Morgan fingerprint density at radius 2 is 1.90 bits per heavy atom. The number of methoxy groups -OCH3 is 2. The molecule has 3 rings (SSSR count). The van der Waals surface area contributed by atoms with Crippen molar-refractivity contribution < 1.29 is 28.5 Å². The third kappa shape index (κ3) is 5.17. The normalized spacial score (nSPS) is 18.5. The first kappa shape index (κ1) is 20.5. The van der Waals surface area contributed by atoms with Crippen LogP contribution in [0.3, 0.4) is 0 Å². The molecule has 0 bridgehead atoms. The number of hydrogen-bond acceptors (Lipinski definition) is 6. The van der Waals surface area contributed by atoms with E-state index in [0.717, 1.165) is 5.75 Å². The van der Waals surface area contributed by atoms with Crippen molar-refractivity contribution >= 4 is 11.8 Å². The lowest BCUT2D eigenvalue weighted by molar-refractivity contribution is -0.148. The summed E-state index contributed by atoms with van der Waals surface area (Å²) >= 11 is 0. The largest absolute Gasteiger partial charge is 0.493 e. The third-order valence-electron chi connectivity index (χ3n) is 4.45. The molecule has 8 heteroatoms. The van der Waals surface area contributed by atoms with Gasteiger partial charge in [-0.05, 0) is 29.8 Å². The minimum absolute atomic E-state index is 0.178. The highest BCUT2D eigenvalue weighted by molar-refractivity contribution is 5.86. The van der Waals surface area contributed by atoms with E-state index in [9.17, 15) is 9.59 Å². The summed E-state index contributed by atoms with van der Waals surface area (Å²) in [5.41, 5.74) is 0.677. The van der Waals surface area contributed by atoms with Gasteiger partial charge in [-0.1, -0.05) is 24.3 Å². The summed E-state index contributed by atoms with van der Waals surface area (Å²) in [5.74, 6) is 1.16. The lowest BCUT2D eigenvalue weighted by atomic mass is 9.98. The van der Waals surface area contributed by atoms with Gasteiger partial charge in [0.25, 0.3) is 5.91 Å². The summed E-state index contributed by atoms with van der Waals surface area (Å²) in [6, 6.07) is 13.9. The number of ether oxygens (including phenoxy) is 4. The Balaban J connectivity index is 1.64. The van der Waals surface area contributed by atoms with Crippen LogP contribution in [0.2, 0.25) is 0 Å². The number of nitrogens with one attached hydrogen (secondary N) is 2. The van der Waals surface area contributed by atoms with Crippen LogP contribution in [0, 0.1) is 0 Å². The highest BCUT2D eigenvalue weighted by atomic mass is 16.5. The van der Waals surface area contributed by atoms with Gasteiger partial charge in [-0.3, -0.25) is 9.59 Å². The van der Waals surface area contributed by atoms with E-state index < -0.39 is 12.1 Å². The smallest absolute Gasteiger partial charge is 0.251 e. The standard InChI is InChI=1S/C21H24N2O6/c1-26-16-9-8-14(12-17(16)27-2)19-20(29-13-18(24)23-19)21(25)22-10-11-28-15-6-4-3-5-7-15/h3-9,12,19-20H,10-11,13H2,1-2H3,(H,22,25)(H,23,24)/t19-,20+/m1/s1. The molecule has 154 valence electrons. The molecule has 1 fully saturated rings. The lowest BCUT2D eigenvalue weighted by Gasteiger charge is -2.32. The van der Waals surface area contributed by atoms with Crippen LogP contribution in [-0.2, 0) is 14.3 Å². The maximum atomic E-state index is 12.7. The van der Waals surface area contributed by atoms with Crippen LogP contribution in [0.4, 0.5) is 0 Å². The Kier molecular flexibility index (Phi) is 6.91. The Morgan fingerprint density at radius 3 is 2.62 bits per heavy atom. The molecule has 2 atom stereocenters. The zero-order chi connectivity index (χ0) is 20.6. The second kappa shape index (κ2) is 9.79. The molecule has 8 nitrogen and oxygen atoms in total. The number of para-hydroxylation sites is 1. The van der Waals surface area contributed by atoms with Gasteiger partial charge in [0.2, 0.25) is 5.91 Å². The zero-order valence-corrected chi connectivity index (χ0v) is 16.3. The van der Waals surface area contributed by atoms with Gasteiger partial charge < -0.3 is 29.6 Å². The Hall–Kier alpha value is -3.26. The van der Waals surface area contributed by atoms with Crippen molar-refractivity contribution in [3.63, 3.8) is 0 Å². The van der Waals surface area contributed by atoms with E-state index in [4.69, 9.17) is 18.9 Å². The molecule has 2 N–H and O–H groups in total. The average Bonchev–Trinajstić information content (AvgIpc) is 2.76. The van der Waals surface area contributed by atoms with Crippen molar-refractivity contribution in [1.29, 1.82) is 0 Å². The summed E-state index contributed by atoms with van der Waals surface area (Å²) in [4.78, 5) is 24.5. The molecule has 0 aliphatic carbocycles. The van der Waals surface area contributed by atoms with E-state index >= 15 is 0 Å². The SMILES string of the molecule is COc1ccc([C@H]2NC(=O)CO[C@@H]2C(=O)NCCOc2ccccc2)cc1OC. The van der Waals surface area contributed by atoms with E-state index in [1.807, 2.05) is 30.3 Å². The van der Waals surface area contributed by atoms with Crippen molar-refractivity contribution in [2.45, 2.75) is 12.1 Å². The summed E-state index contributed by atoms with van der Waals surface area (Å²) < 4.78 is 21.7. The second-order valence-electron chi connectivity index (χ2n) is 6.34. The van der Waals surface area contributed by atoms with Crippen LogP contribution in [0.1, 0.15) is 11.6 Å². The summed E-state index contributed by atoms with van der Waals surface area (Å²) in [5, 5.41) is 5.61. The molecule has 2 aromatic rings. The third-order valence-corrected chi connectivity index (χ3v) is 4.45. The summed E-state index contributed by atoms with van der Waals surface area (Å²) in [6.07, 6.45) is -0.873. The van der Waals surface area contributed by atoms with Gasteiger partial charge in [-0.15, -0.1) is 0 Å². The Bertz CT molecular complexity index is 842. The van der Waals surface area contributed by atoms with Crippen LogP contribution in [-0.4, -0.2) is 51.9 Å². The Labute approximate surface area is 169 Å². The van der Waals surface area contributed by atoms with E-state index in [0.29, 0.717) is 30.2 Å². The summed E-state index contributed by atoms with van der Waals surface area (Å²) in [7, 11) is 3.06. The minimum atomic E-state index is -0.873. The van der Waals surface area contributed by atoms with Gasteiger partial charge in [0.05, 0.1) is 26.8 Å². The van der Waals surface area contributed by atoms with E-state index in [2.05, 4.69) is 10.6 Å². The molecule has 0 radical (unpaired) electrons. The molecule has 1 aliphatic heterocycles. The number of hydrogen-bond donors (Lipinski definition) is 2. The molecule has 1 saturated heterocycles. The van der Waals surface area contributed by atoms with Crippen LogP contribution >= 0.6 is 0 Å². The van der Waals surface area contributed by atoms with Crippen molar-refractivity contribution in [2.24, 2.45) is 0 Å². The van der Waals surface area contributed by atoms with Crippen LogP contribution < -0.4 is 24.8 Å². The van der Waals surface area contributed by atoms with Crippen molar-refractivity contribution in [1.82, 2.24) is 10.6 Å². The van der Waals surface area contributed by atoms with Gasteiger partial charge in [0.15, 0.2) is 17.6 Å². The van der Waals surface area contributed by atoms with Gasteiger partial charge in [-0.25, -0.2) is 0 Å². The fourth-order valence-corrected chi connectivity index (χ4v) is 3.04. The molecule has 0 unspecified atom stereocenters. The second-order valence-corrected chi connectivity index (χ2v) is 6.34. The van der Waals surface area contributed by atoms with Crippen molar-refractivity contribution in [2.75, 3.05) is 34.0 Å². The maximum absolute atomic E-state index is 12.7. The molecule has 0 saturated carbocycles. The van der Waals surface area contributed by atoms with Crippen molar-refractivity contribution in [3.8, 4) is 17.2 Å². The number of morpholine rings is 1. The fraction of sp³-hybridized carbons (Fsp3) is 0.333. The fourth-order valence-electron chi connectivity index (χ4n) is 3.04. The first-order chi connectivity index (χ1) is 14.1. The average molecular weight is 400 g/mol. The van der Waals surface area contributed by atoms with Gasteiger partial charge in [0, 0.05) is 0 Å². The monoisotopic (exact) mass is 400 g/mol. The van der Waals surface area contributed by atoms with Crippen LogP contribution in [0.15, 0.2) is 48.5 Å². The highest BCUT2D eigenvalue weighted by Gasteiger charge is 2.36. The van der Waals surface area contributed by atoms with Crippen LogP contribution in [0.5, 0.6) is 17.2 Å². The molecule has 2 amide bonds. The molecule has 0 spiro atoms. The van der Waals surface area contributed by atoms with Gasteiger partial charge in [-0.2, -0.15) is 0 Å². The van der Waals surface area contributed by atoms with E-state index in [1.54, 1.807) is 18.2 Å². The summed E-state index contributed by atoms with van der Waals surface area (Å²) in [6.45, 7) is 0.443. The molecular formula is C21H24N2O6. The van der Waals surface area contributed by atoms with Crippen LogP contribution in [0.25, 0.3) is 0 Å². The van der Waals surface area contributed by atoms with E-state index in [1.165, 1.54) is 14.2 Å². The quantitative estimate of drug-likeness (QED) is 0.652. The molecule has 2 aromatic carbocycles. The first-order valence-electron chi connectivity index (χ1n) is 9.21. The number of carbonyl (C=O) groups is 2. The maximum Gasteiger partial charge on any atom is 0.251 e. The lowest BCUT2D eigenvalue weighted by Crippen LogP contribution is -2.52. The number of benzene rings is 2. The molecule has 1 heterocycles. The first-order valence-corrected chi connectivity index (χ1v) is 9.21. The topological polar surface area (TPSA) is 95.1 Å². The molecule has 1 aliphatic rings. The van der Waals surface area contributed by atoms with Gasteiger partial charge >= 0.3 is 0 Å². The molecule has 29 heavy (non-hydrogen) atoms. The number of carbonyl (C=O) groups excluding carboxylic acids is 2. The minimum Gasteiger partial charge on any atom is -0.493 e. The molecule has 0 aromatic heterocycles.